The lowest BCUT2D eigenvalue weighted by Gasteiger charge is -2.16. The smallest absolute Gasteiger partial charge is 0.337 e. The molecular weight excluding hydrogens is 434 g/mol. The Morgan fingerprint density at radius 1 is 1.18 bits per heavy atom. The summed E-state index contributed by atoms with van der Waals surface area (Å²) in [6.07, 6.45) is -0.128. The van der Waals surface area contributed by atoms with Gasteiger partial charge >= 0.3 is 11.9 Å². The molecule has 3 rings (SSSR count). The Hall–Kier alpha value is -4.28. The van der Waals surface area contributed by atoms with Gasteiger partial charge in [0.2, 0.25) is 5.91 Å². The Labute approximate surface area is 188 Å². The van der Waals surface area contributed by atoms with Crippen LogP contribution in [0.3, 0.4) is 0 Å². The molecule has 1 aliphatic heterocycles. The number of nitro benzene ring substituents is 1. The molecule has 0 saturated carbocycles. The molecule has 1 heterocycles. The average molecular weight is 455 g/mol. The highest BCUT2D eigenvalue weighted by molar-refractivity contribution is 6.00. The van der Waals surface area contributed by atoms with Gasteiger partial charge in [0.25, 0.3) is 11.6 Å². The van der Waals surface area contributed by atoms with Crippen molar-refractivity contribution < 1.29 is 33.6 Å². The van der Waals surface area contributed by atoms with Gasteiger partial charge in [-0.2, -0.15) is 0 Å². The minimum absolute atomic E-state index is 0.00547. The van der Waals surface area contributed by atoms with E-state index < -0.39 is 35.3 Å². The lowest BCUT2D eigenvalue weighted by molar-refractivity contribution is -0.385. The van der Waals surface area contributed by atoms with Crippen molar-refractivity contribution in [3.8, 4) is 0 Å². The fourth-order valence-electron chi connectivity index (χ4n) is 3.34. The fraction of sp³-hybridized carbons (Fsp3) is 0.273. The number of carbonyl (C=O) groups excluding carboxylic acids is 4. The summed E-state index contributed by atoms with van der Waals surface area (Å²) in [5.41, 5.74) is 1.36. The number of hydrogen-bond acceptors (Lipinski definition) is 8. The number of hydrogen-bond donors (Lipinski definition) is 1. The zero-order valence-corrected chi connectivity index (χ0v) is 17.9. The van der Waals surface area contributed by atoms with Crippen LogP contribution in [0, 0.1) is 23.0 Å². The van der Waals surface area contributed by atoms with Gasteiger partial charge in [0, 0.05) is 30.3 Å². The van der Waals surface area contributed by atoms with Crippen molar-refractivity contribution in [3.63, 3.8) is 0 Å². The van der Waals surface area contributed by atoms with Crippen LogP contribution in [0.15, 0.2) is 42.5 Å². The maximum atomic E-state index is 12.4. The van der Waals surface area contributed by atoms with E-state index in [1.165, 1.54) is 48.4 Å². The summed E-state index contributed by atoms with van der Waals surface area (Å²) in [5, 5.41) is 13.7. The lowest BCUT2D eigenvalue weighted by atomic mass is 10.1. The third-order valence-electron chi connectivity index (χ3n) is 5.09. The molecule has 2 aromatic rings. The van der Waals surface area contributed by atoms with Crippen molar-refractivity contribution in [3.05, 3.63) is 63.7 Å². The number of amides is 2. The maximum absolute atomic E-state index is 12.4. The second-order valence-electron chi connectivity index (χ2n) is 7.36. The van der Waals surface area contributed by atoms with Gasteiger partial charge in [-0.05, 0) is 37.3 Å². The van der Waals surface area contributed by atoms with E-state index in [-0.39, 0.29) is 24.6 Å². The zero-order chi connectivity index (χ0) is 24.1. The molecule has 0 radical (unpaired) electrons. The summed E-state index contributed by atoms with van der Waals surface area (Å²) in [7, 11) is 1.26. The van der Waals surface area contributed by atoms with Gasteiger partial charge in [-0.25, -0.2) is 4.79 Å². The molecule has 0 aromatic heterocycles. The van der Waals surface area contributed by atoms with Crippen molar-refractivity contribution >= 4 is 40.8 Å². The van der Waals surface area contributed by atoms with Gasteiger partial charge in [-0.3, -0.25) is 24.5 Å². The molecular formula is C22H21N3O8. The van der Waals surface area contributed by atoms with Crippen LogP contribution in [0.1, 0.15) is 22.3 Å². The summed E-state index contributed by atoms with van der Waals surface area (Å²) in [4.78, 5) is 60.1. The zero-order valence-electron chi connectivity index (χ0n) is 17.9. The van der Waals surface area contributed by atoms with Crippen LogP contribution in [0.25, 0.3) is 0 Å². The first kappa shape index (κ1) is 23.4. The Kier molecular flexibility index (Phi) is 7.01. The average Bonchev–Trinajstić information content (AvgIpc) is 3.19. The minimum Gasteiger partial charge on any atom is -0.465 e. The van der Waals surface area contributed by atoms with Crippen molar-refractivity contribution in [1.29, 1.82) is 0 Å². The van der Waals surface area contributed by atoms with Crippen molar-refractivity contribution in [2.24, 2.45) is 5.92 Å². The Balaban J connectivity index is 1.54. The highest BCUT2D eigenvalue weighted by Gasteiger charge is 2.37. The summed E-state index contributed by atoms with van der Waals surface area (Å²) in [5.74, 6) is -2.99. The molecule has 1 aliphatic rings. The first-order chi connectivity index (χ1) is 15.7. The minimum atomic E-state index is -0.801. The van der Waals surface area contributed by atoms with E-state index in [1.54, 1.807) is 13.0 Å². The van der Waals surface area contributed by atoms with E-state index in [2.05, 4.69) is 10.1 Å². The quantitative estimate of drug-likeness (QED) is 0.380. The second kappa shape index (κ2) is 9.90. The molecule has 0 unspecified atom stereocenters. The number of benzene rings is 2. The van der Waals surface area contributed by atoms with E-state index in [1.807, 2.05) is 0 Å². The van der Waals surface area contributed by atoms with Crippen molar-refractivity contribution in [2.75, 3.05) is 30.5 Å². The van der Waals surface area contributed by atoms with E-state index in [4.69, 9.17) is 4.74 Å². The molecule has 11 heteroatoms. The van der Waals surface area contributed by atoms with Crippen LogP contribution in [-0.2, 0) is 23.9 Å². The second-order valence-corrected chi connectivity index (χ2v) is 7.36. The predicted molar refractivity (Wildman–Crippen MR) is 116 cm³/mol. The first-order valence-electron chi connectivity index (χ1n) is 9.90. The number of methoxy groups -OCH3 is 1. The van der Waals surface area contributed by atoms with E-state index >= 15 is 0 Å². The molecule has 172 valence electrons. The van der Waals surface area contributed by atoms with Crippen LogP contribution in [0.5, 0.6) is 0 Å². The van der Waals surface area contributed by atoms with Gasteiger partial charge < -0.3 is 19.7 Å². The van der Waals surface area contributed by atoms with Gasteiger partial charge in [-0.1, -0.05) is 6.07 Å². The third kappa shape index (κ3) is 5.50. The number of ether oxygens (including phenoxy) is 2. The van der Waals surface area contributed by atoms with Crippen molar-refractivity contribution in [2.45, 2.75) is 13.3 Å². The highest BCUT2D eigenvalue weighted by Crippen LogP contribution is 2.30. The standard InChI is InChI=1S/C22H21N3O8/c1-13-3-8-17(10-18(13)25(30)31)24-11-15(9-20(24)27)22(29)33-12-19(26)23-16-6-4-14(5-7-16)21(28)32-2/h3-8,10,15H,9,11-12H2,1-2H3,(H,23,26)/t15-/m0/s1. The number of carbonyl (C=O) groups is 4. The molecule has 33 heavy (non-hydrogen) atoms. The molecule has 0 aliphatic carbocycles. The molecule has 1 atom stereocenters. The van der Waals surface area contributed by atoms with Crippen LogP contribution in [-0.4, -0.2) is 48.9 Å². The van der Waals surface area contributed by atoms with E-state index in [9.17, 15) is 29.3 Å². The van der Waals surface area contributed by atoms with Gasteiger partial charge in [0.15, 0.2) is 6.61 Å². The number of rotatable bonds is 7. The molecule has 11 nitrogen and oxygen atoms in total. The Morgan fingerprint density at radius 3 is 2.52 bits per heavy atom. The lowest BCUT2D eigenvalue weighted by Crippen LogP contribution is -2.28. The molecule has 0 spiro atoms. The largest absolute Gasteiger partial charge is 0.465 e. The van der Waals surface area contributed by atoms with Crippen LogP contribution >= 0.6 is 0 Å². The summed E-state index contributed by atoms with van der Waals surface area (Å²) in [6, 6.07) is 10.4. The van der Waals surface area contributed by atoms with Crippen LogP contribution < -0.4 is 10.2 Å². The van der Waals surface area contributed by atoms with Gasteiger partial charge in [-0.15, -0.1) is 0 Å². The molecule has 2 aromatic carbocycles. The monoisotopic (exact) mass is 455 g/mol. The molecule has 0 bridgehead atoms. The predicted octanol–water partition coefficient (Wildman–Crippen LogP) is 2.22. The van der Waals surface area contributed by atoms with E-state index in [0.29, 0.717) is 22.5 Å². The highest BCUT2D eigenvalue weighted by atomic mass is 16.6. The van der Waals surface area contributed by atoms with Crippen molar-refractivity contribution in [1.82, 2.24) is 0 Å². The summed E-state index contributed by atoms with van der Waals surface area (Å²) in [6.45, 7) is 1.03. The Bertz CT molecular complexity index is 1110. The van der Waals surface area contributed by atoms with Crippen LogP contribution in [0.2, 0.25) is 0 Å². The maximum Gasteiger partial charge on any atom is 0.337 e. The summed E-state index contributed by atoms with van der Waals surface area (Å²) >= 11 is 0. The van der Waals surface area contributed by atoms with Crippen LogP contribution in [0.4, 0.5) is 17.1 Å². The number of anilines is 2. The van der Waals surface area contributed by atoms with E-state index in [0.717, 1.165) is 0 Å². The number of nitrogens with zero attached hydrogens (tertiary/aromatic N) is 2. The number of aryl methyl sites for hydroxylation is 1. The summed E-state index contributed by atoms with van der Waals surface area (Å²) < 4.78 is 9.64. The topological polar surface area (TPSA) is 145 Å². The fourth-order valence-corrected chi connectivity index (χ4v) is 3.34. The number of nitrogens with one attached hydrogen (secondary N) is 1. The number of nitro groups is 1. The molecule has 1 N–H and O–H groups in total. The first-order valence-corrected chi connectivity index (χ1v) is 9.90. The molecule has 2 amide bonds. The normalized spacial score (nSPS) is 15.2. The Morgan fingerprint density at radius 2 is 1.88 bits per heavy atom. The van der Waals surface area contributed by atoms with Gasteiger partial charge in [0.05, 0.1) is 29.2 Å². The molecule has 1 fully saturated rings. The van der Waals surface area contributed by atoms with Gasteiger partial charge in [0.1, 0.15) is 0 Å². The third-order valence-corrected chi connectivity index (χ3v) is 5.09. The number of esters is 2. The SMILES string of the molecule is COC(=O)c1ccc(NC(=O)COC(=O)[C@H]2CC(=O)N(c3ccc(C)c([N+](=O)[O-])c3)C2)cc1. The molecule has 1 saturated heterocycles.